The molecule has 0 aliphatic rings. The highest BCUT2D eigenvalue weighted by Crippen LogP contribution is 2.31. The van der Waals surface area contributed by atoms with Gasteiger partial charge in [-0.1, -0.05) is 12.1 Å². The van der Waals surface area contributed by atoms with Crippen LogP contribution in [0.1, 0.15) is 21.7 Å². The van der Waals surface area contributed by atoms with E-state index in [0.717, 1.165) is 6.07 Å². The first-order valence-electron chi connectivity index (χ1n) is 8.65. The molecule has 0 aliphatic heterocycles. The number of aryl methyl sites for hydroxylation is 1. The number of hydrogen-bond donors (Lipinski definition) is 1. The summed E-state index contributed by atoms with van der Waals surface area (Å²) >= 11 is 0. The van der Waals surface area contributed by atoms with Crippen LogP contribution in [0.25, 0.3) is 28.2 Å². The zero-order valence-corrected chi connectivity index (χ0v) is 15.4. The molecule has 0 unspecified atom stereocenters. The van der Waals surface area contributed by atoms with E-state index in [2.05, 4.69) is 15.0 Å². The number of amides is 1. The second kappa shape index (κ2) is 6.90. The summed E-state index contributed by atoms with van der Waals surface area (Å²) in [6.45, 7) is 1.54. The maximum atomic E-state index is 13.6. The van der Waals surface area contributed by atoms with Gasteiger partial charge in [0.1, 0.15) is 17.1 Å². The van der Waals surface area contributed by atoms with Crippen molar-refractivity contribution >= 4 is 16.9 Å². The predicted octanol–water partition coefficient (Wildman–Crippen LogP) is 4.05. The predicted molar refractivity (Wildman–Crippen MR) is 100 cm³/mol. The Bertz CT molecular complexity index is 1300. The summed E-state index contributed by atoms with van der Waals surface area (Å²) in [6, 6.07) is 9.01. The van der Waals surface area contributed by atoms with E-state index in [1.54, 1.807) is 13.0 Å². The van der Waals surface area contributed by atoms with Gasteiger partial charge in [0, 0.05) is 11.8 Å². The van der Waals surface area contributed by atoms with Crippen molar-refractivity contribution in [3.63, 3.8) is 0 Å². The first-order chi connectivity index (χ1) is 14.1. The number of alkyl halides is 3. The molecule has 0 saturated heterocycles. The molecule has 0 saturated carbocycles. The average molecular weight is 415 g/mol. The van der Waals surface area contributed by atoms with Crippen molar-refractivity contribution in [3.8, 4) is 17.2 Å². The highest BCUT2D eigenvalue weighted by Gasteiger charge is 2.32. The van der Waals surface area contributed by atoms with Gasteiger partial charge in [-0.2, -0.15) is 13.2 Å². The van der Waals surface area contributed by atoms with E-state index < -0.39 is 23.6 Å². The molecule has 0 aliphatic carbocycles. The topological polar surface area (TPSA) is 86.7 Å². The molecule has 2 N–H and O–H groups in total. The Balaban J connectivity index is 1.96. The number of aromatic nitrogens is 4. The zero-order valence-electron chi connectivity index (χ0n) is 15.4. The Hall–Kier alpha value is -3.82. The summed E-state index contributed by atoms with van der Waals surface area (Å²) in [5.41, 5.74) is 5.41. The van der Waals surface area contributed by atoms with Crippen LogP contribution in [0.5, 0.6) is 0 Å². The Morgan fingerprint density at radius 3 is 2.50 bits per heavy atom. The van der Waals surface area contributed by atoms with Crippen molar-refractivity contribution in [2.45, 2.75) is 13.1 Å². The van der Waals surface area contributed by atoms with Crippen molar-refractivity contribution in [2.24, 2.45) is 5.73 Å². The molecule has 3 aromatic heterocycles. The van der Waals surface area contributed by atoms with Crippen molar-refractivity contribution in [1.82, 2.24) is 19.5 Å². The molecule has 0 spiro atoms. The quantitative estimate of drug-likeness (QED) is 0.512. The summed E-state index contributed by atoms with van der Waals surface area (Å²) in [5, 5.41) is 0. The molecule has 0 atom stereocenters. The number of benzene rings is 1. The highest BCUT2D eigenvalue weighted by atomic mass is 19.4. The Morgan fingerprint density at radius 2 is 1.83 bits per heavy atom. The second-order valence-electron chi connectivity index (χ2n) is 6.49. The molecule has 4 rings (SSSR count). The number of nitrogens with zero attached hydrogens (tertiary/aromatic N) is 4. The van der Waals surface area contributed by atoms with Gasteiger partial charge < -0.3 is 5.73 Å². The largest absolute Gasteiger partial charge is 0.433 e. The molecule has 0 fully saturated rings. The van der Waals surface area contributed by atoms with Crippen molar-refractivity contribution in [1.29, 1.82) is 0 Å². The SMILES string of the molecule is Cc1nc(-c2cccc(F)c2)nc(-n2ccc3nc(C(F)(F)F)ccc32)c1C(N)=O. The van der Waals surface area contributed by atoms with Gasteiger partial charge in [0.25, 0.3) is 5.91 Å². The van der Waals surface area contributed by atoms with E-state index in [4.69, 9.17) is 5.73 Å². The number of pyridine rings is 1. The van der Waals surface area contributed by atoms with Gasteiger partial charge in [0.2, 0.25) is 0 Å². The van der Waals surface area contributed by atoms with Crippen LogP contribution in [0.2, 0.25) is 0 Å². The molecule has 3 heterocycles. The van der Waals surface area contributed by atoms with E-state index in [9.17, 15) is 22.4 Å². The molecule has 4 aromatic rings. The lowest BCUT2D eigenvalue weighted by Crippen LogP contribution is -2.19. The lowest BCUT2D eigenvalue weighted by Gasteiger charge is -2.13. The van der Waals surface area contributed by atoms with Gasteiger partial charge in [-0.05, 0) is 37.3 Å². The third kappa shape index (κ3) is 3.36. The number of fused-ring (bicyclic) bond motifs is 1. The number of halogens is 4. The van der Waals surface area contributed by atoms with Crippen LogP contribution in [0.15, 0.2) is 48.7 Å². The molecular formula is C20H13F4N5O. The summed E-state index contributed by atoms with van der Waals surface area (Å²) in [5.74, 6) is -1.11. The Labute approximate surface area is 167 Å². The molecule has 1 amide bonds. The van der Waals surface area contributed by atoms with Crippen molar-refractivity contribution in [2.75, 3.05) is 0 Å². The van der Waals surface area contributed by atoms with Crippen LogP contribution in [0.3, 0.4) is 0 Å². The van der Waals surface area contributed by atoms with Crippen molar-refractivity contribution in [3.05, 3.63) is 71.4 Å². The third-order valence-corrected chi connectivity index (χ3v) is 4.46. The minimum absolute atomic E-state index is 0.00690. The standard InChI is InChI=1S/C20H13F4N5O/c1-10-16(17(25)30)19(28-18(26-10)11-3-2-4-12(21)9-11)29-8-7-13-14(29)5-6-15(27-13)20(22,23)24/h2-9H,1H3,(H2,25,30). The van der Waals surface area contributed by atoms with Gasteiger partial charge in [0.05, 0.1) is 16.7 Å². The lowest BCUT2D eigenvalue weighted by atomic mass is 10.1. The summed E-state index contributed by atoms with van der Waals surface area (Å²) in [7, 11) is 0. The van der Waals surface area contributed by atoms with E-state index in [1.807, 2.05) is 0 Å². The normalized spacial score (nSPS) is 11.8. The fraction of sp³-hybridized carbons (Fsp3) is 0.100. The molecule has 6 nitrogen and oxygen atoms in total. The minimum Gasteiger partial charge on any atom is -0.365 e. The van der Waals surface area contributed by atoms with Crippen LogP contribution in [-0.2, 0) is 6.18 Å². The molecule has 152 valence electrons. The third-order valence-electron chi connectivity index (χ3n) is 4.46. The van der Waals surface area contributed by atoms with Crippen LogP contribution < -0.4 is 5.73 Å². The number of rotatable bonds is 3. The van der Waals surface area contributed by atoms with Crippen LogP contribution >= 0.6 is 0 Å². The fourth-order valence-electron chi connectivity index (χ4n) is 3.14. The Morgan fingerprint density at radius 1 is 1.07 bits per heavy atom. The molecule has 0 bridgehead atoms. The van der Waals surface area contributed by atoms with Crippen LogP contribution in [0.4, 0.5) is 17.6 Å². The summed E-state index contributed by atoms with van der Waals surface area (Å²) < 4.78 is 53.9. The van der Waals surface area contributed by atoms with E-state index in [0.29, 0.717) is 5.56 Å². The zero-order chi connectivity index (χ0) is 21.6. The van der Waals surface area contributed by atoms with Crippen LogP contribution in [0, 0.1) is 12.7 Å². The number of carbonyl (C=O) groups excluding carboxylic acids is 1. The summed E-state index contributed by atoms with van der Waals surface area (Å²) in [4.78, 5) is 24.3. The molecule has 0 radical (unpaired) electrons. The Kier molecular flexibility index (Phi) is 4.49. The second-order valence-corrected chi connectivity index (χ2v) is 6.49. The van der Waals surface area contributed by atoms with E-state index >= 15 is 0 Å². The van der Waals surface area contributed by atoms with Crippen molar-refractivity contribution < 1.29 is 22.4 Å². The van der Waals surface area contributed by atoms with Gasteiger partial charge in [-0.3, -0.25) is 9.36 Å². The highest BCUT2D eigenvalue weighted by molar-refractivity contribution is 5.98. The first-order valence-corrected chi connectivity index (χ1v) is 8.65. The van der Waals surface area contributed by atoms with Gasteiger partial charge in [-0.15, -0.1) is 0 Å². The van der Waals surface area contributed by atoms with E-state index in [1.165, 1.54) is 41.1 Å². The molecule has 1 aromatic carbocycles. The average Bonchev–Trinajstić information content (AvgIpc) is 3.09. The maximum absolute atomic E-state index is 13.6. The smallest absolute Gasteiger partial charge is 0.365 e. The van der Waals surface area contributed by atoms with Gasteiger partial charge in [-0.25, -0.2) is 19.3 Å². The van der Waals surface area contributed by atoms with Gasteiger partial charge >= 0.3 is 6.18 Å². The number of primary amides is 1. The molecular weight excluding hydrogens is 402 g/mol. The number of carbonyl (C=O) groups is 1. The van der Waals surface area contributed by atoms with Gasteiger partial charge in [0.15, 0.2) is 11.6 Å². The summed E-state index contributed by atoms with van der Waals surface area (Å²) in [6.07, 6.45) is -3.16. The minimum atomic E-state index is -4.59. The molecule has 30 heavy (non-hydrogen) atoms. The van der Waals surface area contributed by atoms with Crippen LogP contribution in [-0.4, -0.2) is 25.4 Å². The fourth-order valence-corrected chi connectivity index (χ4v) is 3.14. The number of nitrogens with two attached hydrogens (primary N) is 1. The maximum Gasteiger partial charge on any atom is 0.433 e. The lowest BCUT2D eigenvalue weighted by molar-refractivity contribution is -0.140. The monoisotopic (exact) mass is 415 g/mol. The van der Waals surface area contributed by atoms with E-state index in [-0.39, 0.29) is 33.9 Å². The first kappa shape index (κ1) is 19.5. The molecule has 10 heteroatoms. The number of hydrogen-bond acceptors (Lipinski definition) is 4.